The van der Waals surface area contributed by atoms with Crippen LogP contribution in [0.2, 0.25) is 0 Å². The predicted octanol–water partition coefficient (Wildman–Crippen LogP) is 6.15. The molecule has 2 heterocycles. The van der Waals surface area contributed by atoms with Crippen molar-refractivity contribution in [1.82, 2.24) is 4.98 Å². The first kappa shape index (κ1) is 24.0. The highest BCUT2D eigenvalue weighted by Gasteiger charge is 2.42. The van der Waals surface area contributed by atoms with Crippen LogP contribution in [-0.4, -0.2) is 28.3 Å². The zero-order chi connectivity index (χ0) is 23.9. The molecule has 5 nitrogen and oxygen atoms in total. The lowest BCUT2D eigenvalue weighted by atomic mass is 9.80. The van der Waals surface area contributed by atoms with Crippen molar-refractivity contribution in [3.63, 3.8) is 0 Å². The van der Waals surface area contributed by atoms with Gasteiger partial charge in [-0.15, -0.1) is 0 Å². The third-order valence-electron chi connectivity index (χ3n) is 5.23. The zero-order valence-corrected chi connectivity index (χ0v) is 19.0. The van der Waals surface area contributed by atoms with Gasteiger partial charge in [0.25, 0.3) is 0 Å². The van der Waals surface area contributed by atoms with E-state index in [1.165, 1.54) is 17.0 Å². The molecule has 0 saturated heterocycles. The van der Waals surface area contributed by atoms with Crippen LogP contribution in [-0.2, 0) is 16.5 Å². The first-order valence-corrected chi connectivity index (χ1v) is 10.6. The third-order valence-corrected chi connectivity index (χ3v) is 5.23. The minimum absolute atomic E-state index is 0.184. The van der Waals surface area contributed by atoms with E-state index in [4.69, 9.17) is 4.74 Å². The lowest BCUT2D eigenvalue weighted by Crippen LogP contribution is -2.46. The van der Waals surface area contributed by atoms with Gasteiger partial charge in [-0.2, -0.15) is 13.2 Å². The first-order chi connectivity index (χ1) is 14.7. The molecular formula is C24H29F3N2O3. The Bertz CT molecular complexity index is 999. The highest BCUT2D eigenvalue weighted by atomic mass is 19.4. The standard InChI is InChI=1S/C24H29F3N2O3/c1-15(2)14-23(31)11-12-29(21(30)32-22(3,4)5)20-18(23)9-10-19(28-20)16-7-6-8-17(13-16)24(25,26)27/h6-10,13,15,31H,11-12,14H2,1-5H3. The van der Waals surface area contributed by atoms with Crippen LogP contribution < -0.4 is 4.90 Å². The second-order valence-electron chi connectivity index (χ2n) is 9.66. The number of alkyl halides is 3. The summed E-state index contributed by atoms with van der Waals surface area (Å²) in [6, 6.07) is 8.10. The summed E-state index contributed by atoms with van der Waals surface area (Å²) in [6.45, 7) is 9.40. The Hall–Kier alpha value is -2.61. The van der Waals surface area contributed by atoms with Gasteiger partial charge in [0.2, 0.25) is 0 Å². The molecule has 174 valence electrons. The fraction of sp³-hybridized carbons (Fsp3) is 0.500. The van der Waals surface area contributed by atoms with Crippen LogP contribution in [0, 0.1) is 5.92 Å². The van der Waals surface area contributed by atoms with Crippen LogP contribution in [0.1, 0.15) is 58.6 Å². The van der Waals surface area contributed by atoms with Gasteiger partial charge in [-0.1, -0.05) is 32.0 Å². The van der Waals surface area contributed by atoms with Crippen LogP contribution in [0.3, 0.4) is 0 Å². The van der Waals surface area contributed by atoms with E-state index >= 15 is 0 Å². The molecule has 1 aliphatic rings. The maximum absolute atomic E-state index is 13.2. The summed E-state index contributed by atoms with van der Waals surface area (Å²) < 4.78 is 45.1. The Kier molecular flexibility index (Phi) is 6.30. The Labute approximate surface area is 186 Å². The number of benzene rings is 1. The number of carbonyl (C=O) groups excluding carboxylic acids is 1. The van der Waals surface area contributed by atoms with E-state index < -0.39 is 29.0 Å². The maximum Gasteiger partial charge on any atom is 0.416 e. The highest BCUT2D eigenvalue weighted by molar-refractivity contribution is 5.89. The van der Waals surface area contributed by atoms with Gasteiger partial charge in [-0.05, 0) is 57.7 Å². The Morgan fingerprint density at radius 3 is 2.50 bits per heavy atom. The van der Waals surface area contributed by atoms with Crippen molar-refractivity contribution in [2.24, 2.45) is 5.92 Å². The molecule has 2 aromatic rings. The van der Waals surface area contributed by atoms with Crippen LogP contribution in [0.5, 0.6) is 0 Å². The Balaban J connectivity index is 2.11. The summed E-state index contributed by atoms with van der Waals surface area (Å²) in [5.41, 5.74) is -1.70. The smallest absolute Gasteiger partial charge is 0.416 e. The lowest BCUT2D eigenvalue weighted by molar-refractivity contribution is -0.137. The Morgan fingerprint density at radius 2 is 1.91 bits per heavy atom. The second-order valence-corrected chi connectivity index (χ2v) is 9.66. The molecule has 1 amide bonds. The van der Waals surface area contributed by atoms with Crippen LogP contribution in [0.4, 0.5) is 23.8 Å². The van der Waals surface area contributed by atoms with Gasteiger partial charge in [-0.25, -0.2) is 9.78 Å². The van der Waals surface area contributed by atoms with Gasteiger partial charge in [0.15, 0.2) is 0 Å². The molecule has 3 rings (SSSR count). The monoisotopic (exact) mass is 450 g/mol. The molecule has 0 spiro atoms. The summed E-state index contributed by atoms with van der Waals surface area (Å²) in [5.74, 6) is 0.396. The number of halogens is 3. The first-order valence-electron chi connectivity index (χ1n) is 10.6. The lowest BCUT2D eigenvalue weighted by Gasteiger charge is -2.40. The van der Waals surface area contributed by atoms with Gasteiger partial charge < -0.3 is 9.84 Å². The summed E-state index contributed by atoms with van der Waals surface area (Å²) in [5, 5.41) is 11.4. The number of pyridine rings is 1. The molecule has 0 radical (unpaired) electrons. The second kappa shape index (κ2) is 8.39. The summed E-state index contributed by atoms with van der Waals surface area (Å²) in [7, 11) is 0. The number of carbonyl (C=O) groups is 1. The number of rotatable bonds is 3. The SMILES string of the molecule is CC(C)CC1(O)CCN(C(=O)OC(C)(C)C)c2nc(-c3cccc(C(F)(F)F)c3)ccc21. The summed E-state index contributed by atoms with van der Waals surface area (Å²) in [4.78, 5) is 18.8. The van der Waals surface area contributed by atoms with E-state index in [0.717, 1.165) is 12.1 Å². The molecular weight excluding hydrogens is 421 g/mol. The molecule has 1 atom stereocenters. The molecule has 1 unspecified atom stereocenters. The average molecular weight is 451 g/mol. The maximum atomic E-state index is 13.2. The molecule has 32 heavy (non-hydrogen) atoms. The zero-order valence-electron chi connectivity index (χ0n) is 19.0. The van der Waals surface area contributed by atoms with E-state index in [1.807, 2.05) is 13.8 Å². The number of aromatic nitrogens is 1. The molecule has 1 N–H and O–H groups in total. The summed E-state index contributed by atoms with van der Waals surface area (Å²) in [6.07, 6.45) is -4.32. The van der Waals surface area contributed by atoms with Crippen molar-refractivity contribution in [2.45, 2.75) is 64.8 Å². The van der Waals surface area contributed by atoms with Crippen molar-refractivity contribution in [3.8, 4) is 11.3 Å². The average Bonchev–Trinajstić information content (AvgIpc) is 2.65. The largest absolute Gasteiger partial charge is 0.443 e. The predicted molar refractivity (Wildman–Crippen MR) is 116 cm³/mol. The number of nitrogens with zero attached hydrogens (tertiary/aromatic N) is 2. The fourth-order valence-corrected chi connectivity index (χ4v) is 3.95. The number of hydrogen-bond acceptors (Lipinski definition) is 4. The van der Waals surface area contributed by atoms with Crippen molar-refractivity contribution < 1.29 is 27.8 Å². The van der Waals surface area contributed by atoms with Gasteiger partial charge in [-0.3, -0.25) is 4.90 Å². The van der Waals surface area contributed by atoms with E-state index in [-0.39, 0.29) is 29.5 Å². The molecule has 0 bridgehead atoms. The van der Waals surface area contributed by atoms with Gasteiger partial charge in [0.05, 0.1) is 16.9 Å². The van der Waals surface area contributed by atoms with Gasteiger partial charge in [0, 0.05) is 17.7 Å². The number of ether oxygens (including phenoxy) is 1. The molecule has 0 aliphatic carbocycles. The molecule has 8 heteroatoms. The van der Waals surface area contributed by atoms with Crippen LogP contribution in [0.25, 0.3) is 11.3 Å². The minimum atomic E-state index is -4.48. The van der Waals surface area contributed by atoms with Crippen LogP contribution >= 0.6 is 0 Å². The molecule has 1 aromatic carbocycles. The van der Waals surface area contributed by atoms with E-state index in [1.54, 1.807) is 32.9 Å². The number of fused-ring (bicyclic) bond motifs is 1. The van der Waals surface area contributed by atoms with Crippen LogP contribution in [0.15, 0.2) is 36.4 Å². The van der Waals surface area contributed by atoms with Crippen molar-refractivity contribution in [3.05, 3.63) is 47.5 Å². The summed E-state index contributed by atoms with van der Waals surface area (Å²) >= 11 is 0. The van der Waals surface area contributed by atoms with Gasteiger partial charge >= 0.3 is 12.3 Å². The Morgan fingerprint density at radius 1 is 1.22 bits per heavy atom. The van der Waals surface area contributed by atoms with Gasteiger partial charge in [0.1, 0.15) is 11.4 Å². The van der Waals surface area contributed by atoms with E-state index in [0.29, 0.717) is 18.4 Å². The molecule has 1 aromatic heterocycles. The minimum Gasteiger partial charge on any atom is -0.443 e. The number of anilines is 1. The third kappa shape index (κ3) is 5.23. The number of hydrogen-bond donors (Lipinski definition) is 1. The van der Waals surface area contributed by atoms with E-state index in [9.17, 15) is 23.1 Å². The van der Waals surface area contributed by atoms with Crippen molar-refractivity contribution in [1.29, 1.82) is 0 Å². The highest BCUT2D eigenvalue weighted by Crippen LogP contribution is 2.43. The normalized spacial score (nSPS) is 19.1. The number of amides is 1. The molecule has 0 saturated carbocycles. The van der Waals surface area contributed by atoms with Crippen molar-refractivity contribution in [2.75, 3.05) is 11.4 Å². The fourth-order valence-electron chi connectivity index (χ4n) is 3.95. The topological polar surface area (TPSA) is 62.7 Å². The number of aliphatic hydroxyl groups is 1. The quantitative estimate of drug-likeness (QED) is 0.610. The van der Waals surface area contributed by atoms with E-state index in [2.05, 4.69) is 4.98 Å². The molecule has 0 fully saturated rings. The molecule has 1 aliphatic heterocycles. The van der Waals surface area contributed by atoms with Crippen molar-refractivity contribution >= 4 is 11.9 Å².